The Morgan fingerprint density at radius 3 is 2.15 bits per heavy atom. The van der Waals surface area contributed by atoms with E-state index in [1.807, 2.05) is 12.1 Å². The van der Waals surface area contributed by atoms with Crippen molar-refractivity contribution in [3.05, 3.63) is 53.6 Å². The summed E-state index contributed by atoms with van der Waals surface area (Å²) < 4.78 is 5.26. The minimum atomic E-state index is -1.04. The van der Waals surface area contributed by atoms with E-state index in [4.69, 9.17) is 10.6 Å². The summed E-state index contributed by atoms with van der Waals surface area (Å²) in [4.78, 5) is 34.8. The zero-order valence-corrected chi connectivity index (χ0v) is 15.2. The number of hydrazine groups is 1. The van der Waals surface area contributed by atoms with Gasteiger partial charge >= 0.3 is 17.8 Å². The van der Waals surface area contributed by atoms with Gasteiger partial charge in [0.2, 0.25) is 0 Å². The number of amides is 2. The number of anilines is 1. The van der Waals surface area contributed by atoms with Crippen LogP contribution in [0, 0.1) is 0 Å². The number of hydrogen-bond donors (Lipinski definition) is 4. The van der Waals surface area contributed by atoms with Gasteiger partial charge in [0.1, 0.15) is 17.1 Å². The minimum Gasteiger partial charge on any atom is -0.507 e. The van der Waals surface area contributed by atoms with Crippen LogP contribution in [0.15, 0.2) is 42.5 Å². The molecule has 0 aliphatic rings. The minimum absolute atomic E-state index is 0.0259. The monoisotopic (exact) mass is 371 g/mol. The van der Waals surface area contributed by atoms with Crippen LogP contribution in [0.1, 0.15) is 36.7 Å². The second kappa shape index (κ2) is 7.88. The largest absolute Gasteiger partial charge is 0.507 e. The van der Waals surface area contributed by atoms with Gasteiger partial charge in [-0.05, 0) is 35.2 Å². The SMILES string of the molecule is CC(C)(C)c1ccc(OC(=O)c2ccc(NC(=O)C(=O)NN)cc2O)cc1. The van der Waals surface area contributed by atoms with Crippen molar-refractivity contribution in [2.24, 2.45) is 5.84 Å². The summed E-state index contributed by atoms with van der Waals surface area (Å²) in [5.74, 6) is 1.98. The Morgan fingerprint density at radius 2 is 1.63 bits per heavy atom. The number of aromatic hydroxyl groups is 1. The summed E-state index contributed by atoms with van der Waals surface area (Å²) in [6.45, 7) is 6.22. The molecule has 0 fully saturated rings. The maximum Gasteiger partial charge on any atom is 0.347 e. The Morgan fingerprint density at radius 1 is 1.00 bits per heavy atom. The second-order valence-corrected chi connectivity index (χ2v) is 6.82. The van der Waals surface area contributed by atoms with Gasteiger partial charge in [0.25, 0.3) is 0 Å². The normalized spacial score (nSPS) is 10.8. The van der Waals surface area contributed by atoms with Crippen LogP contribution in [0.4, 0.5) is 5.69 Å². The summed E-state index contributed by atoms with van der Waals surface area (Å²) >= 11 is 0. The summed E-state index contributed by atoms with van der Waals surface area (Å²) in [7, 11) is 0. The van der Waals surface area contributed by atoms with Crippen LogP contribution in [-0.2, 0) is 15.0 Å². The van der Waals surface area contributed by atoms with E-state index in [-0.39, 0.29) is 16.7 Å². The standard InChI is InChI=1S/C19H21N3O5/c1-19(2,3)11-4-7-13(8-5-11)27-18(26)14-9-6-12(10-15(14)23)21-16(24)17(25)22-20/h4-10,23H,20H2,1-3H3,(H,21,24)(H,22,25). The fraction of sp³-hybridized carbons (Fsp3) is 0.211. The molecular weight excluding hydrogens is 350 g/mol. The van der Waals surface area contributed by atoms with Crippen LogP contribution in [0.25, 0.3) is 0 Å². The highest BCUT2D eigenvalue weighted by Gasteiger charge is 2.18. The van der Waals surface area contributed by atoms with Crippen LogP contribution in [0.5, 0.6) is 11.5 Å². The van der Waals surface area contributed by atoms with Crippen molar-refractivity contribution in [2.45, 2.75) is 26.2 Å². The molecule has 0 aliphatic heterocycles. The van der Waals surface area contributed by atoms with Crippen LogP contribution in [0.2, 0.25) is 0 Å². The summed E-state index contributed by atoms with van der Waals surface area (Å²) in [5.41, 5.74) is 2.78. The fourth-order valence-corrected chi connectivity index (χ4v) is 2.22. The molecule has 0 saturated carbocycles. The van der Waals surface area contributed by atoms with Gasteiger partial charge in [-0.15, -0.1) is 0 Å². The number of phenols is 1. The Kier molecular flexibility index (Phi) is 5.81. The van der Waals surface area contributed by atoms with Crippen molar-refractivity contribution in [3.8, 4) is 11.5 Å². The van der Waals surface area contributed by atoms with Crippen molar-refractivity contribution >= 4 is 23.5 Å². The highest BCUT2D eigenvalue weighted by atomic mass is 16.5. The molecule has 2 aromatic rings. The van der Waals surface area contributed by atoms with Crippen molar-refractivity contribution in [3.63, 3.8) is 0 Å². The number of rotatable bonds is 3. The van der Waals surface area contributed by atoms with E-state index in [2.05, 4.69) is 26.1 Å². The van der Waals surface area contributed by atoms with E-state index >= 15 is 0 Å². The van der Waals surface area contributed by atoms with Gasteiger partial charge in [-0.1, -0.05) is 32.9 Å². The van der Waals surface area contributed by atoms with Crippen LogP contribution in [-0.4, -0.2) is 22.9 Å². The van der Waals surface area contributed by atoms with Gasteiger partial charge in [-0.2, -0.15) is 0 Å². The van der Waals surface area contributed by atoms with Gasteiger partial charge < -0.3 is 15.2 Å². The molecule has 2 aromatic carbocycles. The molecule has 8 heteroatoms. The molecule has 0 spiro atoms. The topological polar surface area (TPSA) is 131 Å². The van der Waals surface area contributed by atoms with Gasteiger partial charge in [0.05, 0.1) is 0 Å². The maximum atomic E-state index is 12.3. The maximum absolute atomic E-state index is 12.3. The number of benzene rings is 2. The molecule has 0 unspecified atom stereocenters. The van der Waals surface area contributed by atoms with Gasteiger partial charge in [0, 0.05) is 11.8 Å². The van der Waals surface area contributed by atoms with E-state index in [0.29, 0.717) is 5.75 Å². The molecule has 2 rings (SSSR count). The smallest absolute Gasteiger partial charge is 0.347 e. The molecule has 0 atom stereocenters. The third-order valence-electron chi connectivity index (χ3n) is 3.74. The average molecular weight is 371 g/mol. The van der Waals surface area contributed by atoms with Crippen molar-refractivity contribution in [2.75, 3.05) is 5.32 Å². The van der Waals surface area contributed by atoms with Crippen molar-refractivity contribution in [1.29, 1.82) is 0 Å². The first-order chi connectivity index (χ1) is 12.6. The van der Waals surface area contributed by atoms with Crippen LogP contribution in [0.3, 0.4) is 0 Å². The predicted molar refractivity (Wildman–Crippen MR) is 99.2 cm³/mol. The number of esters is 1. The number of nitrogens with one attached hydrogen (secondary N) is 2. The molecule has 0 aromatic heterocycles. The van der Waals surface area contributed by atoms with E-state index in [9.17, 15) is 19.5 Å². The zero-order chi connectivity index (χ0) is 20.2. The number of phenolic OH excluding ortho intramolecular Hbond substituents is 1. The average Bonchev–Trinajstić information content (AvgIpc) is 2.60. The predicted octanol–water partition coefficient (Wildman–Crippen LogP) is 1.84. The highest BCUT2D eigenvalue weighted by molar-refractivity contribution is 6.39. The number of hydrogen-bond acceptors (Lipinski definition) is 6. The van der Waals surface area contributed by atoms with E-state index in [0.717, 1.165) is 11.6 Å². The molecule has 5 N–H and O–H groups in total. The third kappa shape index (κ3) is 5.05. The highest BCUT2D eigenvalue weighted by Crippen LogP contribution is 2.26. The lowest BCUT2D eigenvalue weighted by Crippen LogP contribution is -2.39. The molecule has 0 bridgehead atoms. The molecule has 2 amide bonds. The van der Waals surface area contributed by atoms with Gasteiger partial charge in [-0.25, -0.2) is 10.6 Å². The number of ether oxygens (including phenoxy) is 1. The number of nitrogens with two attached hydrogens (primary N) is 1. The first-order valence-corrected chi connectivity index (χ1v) is 8.09. The summed E-state index contributed by atoms with van der Waals surface area (Å²) in [5, 5.41) is 12.2. The Bertz CT molecular complexity index is 870. The quantitative estimate of drug-likeness (QED) is 0.163. The molecule has 0 radical (unpaired) electrons. The second-order valence-electron chi connectivity index (χ2n) is 6.82. The molecule has 142 valence electrons. The number of carbonyl (C=O) groups is 3. The van der Waals surface area contributed by atoms with Gasteiger partial charge in [-0.3, -0.25) is 15.0 Å². The van der Waals surface area contributed by atoms with Crippen molar-refractivity contribution < 1.29 is 24.2 Å². The Labute approximate surface area is 156 Å². The molecule has 0 aliphatic carbocycles. The zero-order valence-electron chi connectivity index (χ0n) is 15.2. The third-order valence-corrected chi connectivity index (χ3v) is 3.74. The van der Waals surface area contributed by atoms with Crippen molar-refractivity contribution in [1.82, 2.24) is 5.43 Å². The number of carbonyl (C=O) groups excluding carboxylic acids is 3. The van der Waals surface area contributed by atoms with E-state index in [1.165, 1.54) is 12.1 Å². The van der Waals surface area contributed by atoms with Crippen LogP contribution < -0.4 is 21.3 Å². The van der Waals surface area contributed by atoms with E-state index < -0.39 is 23.5 Å². The lowest BCUT2D eigenvalue weighted by Gasteiger charge is -2.19. The molecule has 27 heavy (non-hydrogen) atoms. The fourth-order valence-electron chi connectivity index (χ4n) is 2.22. The molecule has 0 saturated heterocycles. The Hall–Kier alpha value is -3.39. The van der Waals surface area contributed by atoms with Gasteiger partial charge in [0.15, 0.2) is 0 Å². The molecular formula is C19H21N3O5. The molecule has 8 nitrogen and oxygen atoms in total. The summed E-state index contributed by atoms with van der Waals surface area (Å²) in [6, 6.07) is 10.8. The van der Waals surface area contributed by atoms with Crippen LogP contribution >= 0.6 is 0 Å². The van der Waals surface area contributed by atoms with E-state index in [1.54, 1.807) is 17.6 Å². The Balaban J connectivity index is 2.10. The lowest BCUT2D eigenvalue weighted by molar-refractivity contribution is -0.136. The molecule has 0 heterocycles. The first-order valence-electron chi connectivity index (χ1n) is 8.09. The lowest BCUT2D eigenvalue weighted by atomic mass is 9.87. The summed E-state index contributed by atoms with van der Waals surface area (Å²) in [6.07, 6.45) is 0. The first kappa shape index (κ1) is 19.9.